The van der Waals surface area contributed by atoms with Gasteiger partial charge in [-0.25, -0.2) is 4.79 Å². The third kappa shape index (κ3) is 3.18. The van der Waals surface area contributed by atoms with Gasteiger partial charge in [0.15, 0.2) is 6.10 Å². The second kappa shape index (κ2) is 4.55. The first-order valence-electron chi connectivity index (χ1n) is 6.09. The predicted octanol–water partition coefficient (Wildman–Crippen LogP) is 0.476. The van der Waals surface area contributed by atoms with Gasteiger partial charge in [0.2, 0.25) is 0 Å². The summed E-state index contributed by atoms with van der Waals surface area (Å²) < 4.78 is 16.7. The maximum Gasteiger partial charge on any atom is 0.338 e. The molecule has 1 spiro atoms. The standard InChI is InChI=1S/C12H21NO4/c1-11(2,3)17-10(14)9-6-15-8-12(16-9)4-5-13-7-12/h9,13H,4-8H2,1-3H3. The van der Waals surface area contributed by atoms with Crippen LogP contribution in [0.3, 0.4) is 0 Å². The molecule has 2 aliphatic heterocycles. The summed E-state index contributed by atoms with van der Waals surface area (Å²) in [4.78, 5) is 11.9. The molecule has 2 heterocycles. The van der Waals surface area contributed by atoms with E-state index >= 15 is 0 Å². The Morgan fingerprint density at radius 2 is 2.24 bits per heavy atom. The Morgan fingerprint density at radius 3 is 2.82 bits per heavy atom. The quantitative estimate of drug-likeness (QED) is 0.679. The summed E-state index contributed by atoms with van der Waals surface area (Å²) in [6.07, 6.45) is 0.287. The van der Waals surface area contributed by atoms with E-state index in [0.717, 1.165) is 19.5 Å². The number of rotatable bonds is 1. The van der Waals surface area contributed by atoms with Gasteiger partial charge in [0.05, 0.1) is 13.2 Å². The lowest BCUT2D eigenvalue weighted by molar-refractivity contribution is -0.214. The van der Waals surface area contributed by atoms with Crippen LogP contribution in [0.4, 0.5) is 0 Å². The van der Waals surface area contributed by atoms with Crippen LogP contribution in [-0.4, -0.2) is 49.6 Å². The van der Waals surface area contributed by atoms with Gasteiger partial charge < -0.3 is 19.5 Å². The van der Waals surface area contributed by atoms with Gasteiger partial charge in [-0.2, -0.15) is 0 Å². The molecule has 0 aliphatic carbocycles. The Morgan fingerprint density at radius 1 is 1.47 bits per heavy atom. The number of esters is 1. The fraction of sp³-hybridized carbons (Fsp3) is 0.917. The van der Waals surface area contributed by atoms with Crippen molar-refractivity contribution in [3.8, 4) is 0 Å². The zero-order valence-electron chi connectivity index (χ0n) is 10.7. The van der Waals surface area contributed by atoms with Gasteiger partial charge in [0, 0.05) is 6.54 Å². The molecule has 0 aromatic carbocycles. The van der Waals surface area contributed by atoms with Crippen LogP contribution in [-0.2, 0) is 19.0 Å². The van der Waals surface area contributed by atoms with Crippen molar-refractivity contribution in [3.63, 3.8) is 0 Å². The van der Waals surface area contributed by atoms with Gasteiger partial charge in [0.1, 0.15) is 11.2 Å². The summed E-state index contributed by atoms with van der Waals surface area (Å²) >= 11 is 0. The van der Waals surface area contributed by atoms with Crippen molar-refractivity contribution in [2.75, 3.05) is 26.3 Å². The molecule has 2 saturated heterocycles. The predicted molar refractivity (Wildman–Crippen MR) is 61.8 cm³/mol. The van der Waals surface area contributed by atoms with Crippen LogP contribution in [0, 0.1) is 0 Å². The van der Waals surface area contributed by atoms with E-state index < -0.39 is 11.7 Å². The molecular formula is C12H21NO4. The first-order valence-corrected chi connectivity index (χ1v) is 6.09. The van der Waals surface area contributed by atoms with E-state index in [1.807, 2.05) is 20.8 Å². The zero-order chi connectivity index (χ0) is 12.5. The monoisotopic (exact) mass is 243 g/mol. The largest absolute Gasteiger partial charge is 0.458 e. The summed E-state index contributed by atoms with van der Waals surface area (Å²) in [7, 11) is 0. The van der Waals surface area contributed by atoms with E-state index in [2.05, 4.69) is 5.32 Å². The highest BCUT2D eigenvalue weighted by atomic mass is 16.6. The molecule has 98 valence electrons. The Bertz CT molecular complexity index is 291. The lowest BCUT2D eigenvalue weighted by Crippen LogP contribution is -2.52. The highest BCUT2D eigenvalue weighted by molar-refractivity contribution is 5.75. The van der Waals surface area contributed by atoms with Crippen molar-refractivity contribution in [1.29, 1.82) is 0 Å². The lowest BCUT2D eigenvalue weighted by atomic mass is 10.0. The van der Waals surface area contributed by atoms with Gasteiger partial charge in [-0.15, -0.1) is 0 Å². The second-order valence-electron chi connectivity index (χ2n) is 5.76. The summed E-state index contributed by atoms with van der Waals surface area (Å²) in [5, 5.41) is 3.23. The molecule has 1 N–H and O–H groups in total. The molecular weight excluding hydrogens is 222 g/mol. The average Bonchev–Trinajstić information content (AvgIpc) is 2.64. The Kier molecular flexibility index (Phi) is 3.43. The molecule has 0 saturated carbocycles. The van der Waals surface area contributed by atoms with Crippen LogP contribution in [0.25, 0.3) is 0 Å². The Hall–Kier alpha value is -0.650. The topological polar surface area (TPSA) is 56.8 Å². The SMILES string of the molecule is CC(C)(C)OC(=O)C1COCC2(CCNC2)O1. The fourth-order valence-electron chi connectivity index (χ4n) is 2.15. The number of carbonyl (C=O) groups is 1. The van der Waals surface area contributed by atoms with E-state index in [0.29, 0.717) is 6.61 Å². The van der Waals surface area contributed by atoms with E-state index in [-0.39, 0.29) is 18.2 Å². The molecule has 2 aliphatic rings. The van der Waals surface area contributed by atoms with Crippen molar-refractivity contribution in [1.82, 2.24) is 5.32 Å². The number of hydrogen-bond donors (Lipinski definition) is 1. The molecule has 0 radical (unpaired) electrons. The third-order valence-electron chi connectivity index (χ3n) is 2.90. The third-order valence-corrected chi connectivity index (χ3v) is 2.90. The van der Waals surface area contributed by atoms with Gasteiger partial charge in [0.25, 0.3) is 0 Å². The molecule has 2 rings (SSSR count). The highest BCUT2D eigenvalue weighted by Crippen LogP contribution is 2.27. The van der Waals surface area contributed by atoms with E-state index in [9.17, 15) is 4.79 Å². The summed E-state index contributed by atoms with van der Waals surface area (Å²) in [6, 6.07) is 0. The maximum atomic E-state index is 11.9. The molecule has 5 nitrogen and oxygen atoms in total. The average molecular weight is 243 g/mol. The van der Waals surface area contributed by atoms with Crippen molar-refractivity contribution in [2.24, 2.45) is 0 Å². The van der Waals surface area contributed by atoms with E-state index in [1.54, 1.807) is 0 Å². The number of carbonyl (C=O) groups excluding carboxylic acids is 1. The normalized spacial score (nSPS) is 33.9. The molecule has 2 fully saturated rings. The summed E-state index contributed by atoms with van der Waals surface area (Å²) in [6.45, 7) is 8.04. The van der Waals surface area contributed by atoms with Crippen LogP contribution in [0.2, 0.25) is 0 Å². The number of nitrogens with one attached hydrogen (secondary N) is 1. The maximum absolute atomic E-state index is 11.9. The lowest BCUT2D eigenvalue weighted by Gasteiger charge is -2.37. The summed E-state index contributed by atoms with van der Waals surface area (Å²) in [5.41, 5.74) is -0.821. The van der Waals surface area contributed by atoms with Crippen molar-refractivity contribution < 1.29 is 19.0 Å². The smallest absolute Gasteiger partial charge is 0.338 e. The molecule has 5 heteroatoms. The van der Waals surface area contributed by atoms with Crippen molar-refractivity contribution in [2.45, 2.75) is 44.5 Å². The van der Waals surface area contributed by atoms with Crippen LogP contribution >= 0.6 is 0 Å². The minimum absolute atomic E-state index is 0.288. The minimum atomic E-state index is -0.595. The first-order chi connectivity index (χ1) is 7.90. The first kappa shape index (κ1) is 12.8. The van der Waals surface area contributed by atoms with Gasteiger partial charge in [-0.05, 0) is 33.7 Å². The molecule has 2 unspecified atom stereocenters. The zero-order valence-corrected chi connectivity index (χ0v) is 10.7. The number of ether oxygens (including phenoxy) is 3. The molecule has 0 amide bonds. The highest BCUT2D eigenvalue weighted by Gasteiger charge is 2.43. The Balaban J connectivity index is 1.95. The molecule has 0 aromatic heterocycles. The molecule has 0 aromatic rings. The second-order valence-corrected chi connectivity index (χ2v) is 5.76. The van der Waals surface area contributed by atoms with Crippen LogP contribution < -0.4 is 5.32 Å². The Labute approximate surface area is 102 Å². The van der Waals surface area contributed by atoms with E-state index in [4.69, 9.17) is 14.2 Å². The van der Waals surface area contributed by atoms with Crippen molar-refractivity contribution in [3.05, 3.63) is 0 Å². The molecule has 2 atom stereocenters. The van der Waals surface area contributed by atoms with Gasteiger partial charge in [-0.3, -0.25) is 0 Å². The summed E-state index contributed by atoms with van der Waals surface area (Å²) in [5.74, 6) is -0.330. The number of hydrogen-bond acceptors (Lipinski definition) is 5. The van der Waals surface area contributed by atoms with Gasteiger partial charge >= 0.3 is 5.97 Å². The fourth-order valence-corrected chi connectivity index (χ4v) is 2.15. The van der Waals surface area contributed by atoms with Crippen LogP contribution in [0.15, 0.2) is 0 Å². The molecule has 0 bridgehead atoms. The van der Waals surface area contributed by atoms with Crippen LogP contribution in [0.5, 0.6) is 0 Å². The molecule has 17 heavy (non-hydrogen) atoms. The minimum Gasteiger partial charge on any atom is -0.458 e. The van der Waals surface area contributed by atoms with Crippen molar-refractivity contribution >= 4 is 5.97 Å². The van der Waals surface area contributed by atoms with Crippen LogP contribution in [0.1, 0.15) is 27.2 Å². The van der Waals surface area contributed by atoms with E-state index in [1.165, 1.54) is 0 Å². The van der Waals surface area contributed by atoms with Gasteiger partial charge in [-0.1, -0.05) is 0 Å².